The predicted octanol–water partition coefficient (Wildman–Crippen LogP) is 3.56. The number of aliphatic hydroxyl groups is 1. The van der Waals surface area contributed by atoms with Gasteiger partial charge in [0.05, 0.1) is 12.9 Å². The van der Waals surface area contributed by atoms with E-state index in [-0.39, 0.29) is 17.4 Å². The number of hydrogen-bond donors (Lipinski definition) is 2. The minimum absolute atomic E-state index is 0.0858. The van der Waals surface area contributed by atoms with Crippen molar-refractivity contribution < 1.29 is 9.84 Å². The lowest BCUT2D eigenvalue weighted by Crippen LogP contribution is -2.25. The number of benzene rings is 1. The van der Waals surface area contributed by atoms with Crippen LogP contribution in [0.5, 0.6) is 5.75 Å². The molecule has 3 N–H and O–H groups in total. The van der Waals surface area contributed by atoms with E-state index in [1.54, 1.807) is 10.9 Å². The van der Waals surface area contributed by atoms with E-state index in [1.807, 2.05) is 12.1 Å². The van der Waals surface area contributed by atoms with Crippen molar-refractivity contribution in [3.8, 4) is 5.75 Å². The molecule has 0 radical (unpaired) electrons. The fraction of sp³-hybridized carbons (Fsp3) is 0.500. The van der Waals surface area contributed by atoms with Crippen LogP contribution in [0.15, 0.2) is 36.9 Å². The van der Waals surface area contributed by atoms with Crippen molar-refractivity contribution in [2.75, 3.05) is 12.3 Å². The first-order chi connectivity index (χ1) is 13.5. The first kappa shape index (κ1) is 21.0. The summed E-state index contributed by atoms with van der Waals surface area (Å²) in [5, 5.41) is 10.4. The SMILES string of the molecule is CC(C)(C)CC(C)(C)c1ccc(OCC(O)Cn2cnc3c(N)ncnc32)cc1. The quantitative estimate of drug-likeness (QED) is 0.632. The predicted molar refractivity (Wildman–Crippen MR) is 115 cm³/mol. The van der Waals surface area contributed by atoms with Crippen LogP contribution in [0.2, 0.25) is 0 Å². The summed E-state index contributed by atoms with van der Waals surface area (Å²) in [4.78, 5) is 12.3. The molecule has 0 saturated heterocycles. The zero-order valence-electron chi connectivity index (χ0n) is 17.9. The molecule has 1 unspecified atom stereocenters. The number of aromatic nitrogens is 4. The third kappa shape index (κ3) is 5.23. The third-order valence-electron chi connectivity index (χ3n) is 4.89. The Labute approximate surface area is 172 Å². The summed E-state index contributed by atoms with van der Waals surface area (Å²) in [5.41, 5.74) is 8.56. The zero-order chi connectivity index (χ0) is 21.2. The lowest BCUT2D eigenvalue weighted by Gasteiger charge is -2.33. The molecule has 2 aromatic heterocycles. The van der Waals surface area contributed by atoms with Gasteiger partial charge in [-0.1, -0.05) is 46.8 Å². The van der Waals surface area contributed by atoms with Crippen molar-refractivity contribution in [1.82, 2.24) is 19.5 Å². The lowest BCUT2D eigenvalue weighted by molar-refractivity contribution is 0.0932. The smallest absolute Gasteiger partial charge is 0.165 e. The Hall–Kier alpha value is -2.67. The van der Waals surface area contributed by atoms with Gasteiger partial charge in [0.1, 0.15) is 30.3 Å². The standard InChI is InChI=1S/C22H31N5O2/c1-21(2,3)12-22(4,5)15-6-8-17(9-7-15)29-11-16(28)10-27-14-26-18-19(23)24-13-25-20(18)27/h6-9,13-14,16,28H,10-12H2,1-5H3,(H2,23,24,25). The molecule has 0 amide bonds. The number of imidazole rings is 1. The van der Waals surface area contributed by atoms with Gasteiger partial charge < -0.3 is 20.1 Å². The monoisotopic (exact) mass is 397 g/mol. The van der Waals surface area contributed by atoms with Crippen molar-refractivity contribution >= 4 is 17.0 Å². The molecule has 0 aliphatic carbocycles. The molecule has 29 heavy (non-hydrogen) atoms. The minimum Gasteiger partial charge on any atom is -0.491 e. The highest BCUT2D eigenvalue weighted by molar-refractivity contribution is 5.81. The molecule has 7 nitrogen and oxygen atoms in total. The second-order valence-corrected chi connectivity index (χ2v) is 9.44. The second kappa shape index (κ2) is 7.99. The maximum atomic E-state index is 10.4. The van der Waals surface area contributed by atoms with Crippen LogP contribution < -0.4 is 10.5 Å². The van der Waals surface area contributed by atoms with Crippen molar-refractivity contribution in [2.24, 2.45) is 5.41 Å². The van der Waals surface area contributed by atoms with Gasteiger partial charge in [0.25, 0.3) is 0 Å². The maximum Gasteiger partial charge on any atom is 0.165 e. The molecular weight excluding hydrogens is 366 g/mol. The van der Waals surface area contributed by atoms with Crippen molar-refractivity contribution in [3.05, 3.63) is 42.5 Å². The fourth-order valence-corrected chi connectivity index (χ4v) is 3.93. The third-order valence-corrected chi connectivity index (χ3v) is 4.89. The van der Waals surface area contributed by atoms with Gasteiger partial charge in [-0.2, -0.15) is 0 Å². The van der Waals surface area contributed by atoms with Crippen molar-refractivity contribution in [3.63, 3.8) is 0 Å². The average Bonchev–Trinajstić information content (AvgIpc) is 3.03. The highest BCUT2D eigenvalue weighted by Crippen LogP contribution is 2.36. The Balaban J connectivity index is 1.59. The molecule has 3 rings (SSSR count). The van der Waals surface area contributed by atoms with Crippen LogP contribution in [-0.2, 0) is 12.0 Å². The number of hydrogen-bond acceptors (Lipinski definition) is 6. The van der Waals surface area contributed by atoms with Gasteiger partial charge >= 0.3 is 0 Å². The minimum atomic E-state index is -0.708. The molecule has 156 valence electrons. The van der Waals surface area contributed by atoms with Crippen LogP contribution in [0, 0.1) is 5.41 Å². The van der Waals surface area contributed by atoms with Gasteiger partial charge in [0.2, 0.25) is 0 Å². The molecule has 1 aromatic carbocycles. The summed E-state index contributed by atoms with van der Waals surface area (Å²) < 4.78 is 7.53. The zero-order valence-corrected chi connectivity index (χ0v) is 17.9. The number of aliphatic hydroxyl groups excluding tert-OH is 1. The largest absolute Gasteiger partial charge is 0.491 e. The molecule has 2 heterocycles. The van der Waals surface area contributed by atoms with E-state index in [4.69, 9.17) is 10.5 Å². The molecule has 7 heteroatoms. The summed E-state index contributed by atoms with van der Waals surface area (Å²) in [6.07, 6.45) is 3.37. The number of anilines is 1. The van der Waals surface area contributed by atoms with Gasteiger partial charge in [-0.15, -0.1) is 0 Å². The Morgan fingerprint density at radius 3 is 2.41 bits per heavy atom. The number of rotatable bonds is 7. The molecule has 1 atom stereocenters. The molecular formula is C22H31N5O2. The van der Waals surface area contributed by atoms with Crippen LogP contribution in [-0.4, -0.2) is 37.3 Å². The number of ether oxygens (including phenoxy) is 1. The maximum absolute atomic E-state index is 10.4. The van der Waals surface area contributed by atoms with Gasteiger partial charge in [-0.05, 0) is 34.9 Å². The van der Waals surface area contributed by atoms with Crippen LogP contribution in [0.4, 0.5) is 5.82 Å². The van der Waals surface area contributed by atoms with E-state index in [0.717, 1.165) is 12.2 Å². The van der Waals surface area contributed by atoms with Crippen molar-refractivity contribution in [2.45, 2.75) is 59.1 Å². The van der Waals surface area contributed by atoms with E-state index in [0.29, 0.717) is 23.5 Å². The molecule has 0 aliphatic heterocycles. The van der Waals surface area contributed by atoms with E-state index in [2.05, 4.69) is 61.7 Å². The summed E-state index contributed by atoms with van der Waals surface area (Å²) in [6.45, 7) is 11.8. The Morgan fingerprint density at radius 1 is 1.07 bits per heavy atom. The number of nitrogens with two attached hydrogens (primary N) is 1. The molecule has 0 fully saturated rings. The van der Waals surface area contributed by atoms with E-state index < -0.39 is 6.10 Å². The van der Waals surface area contributed by atoms with Gasteiger partial charge in [-0.3, -0.25) is 0 Å². The summed E-state index contributed by atoms with van der Waals surface area (Å²) in [6, 6.07) is 8.15. The summed E-state index contributed by atoms with van der Waals surface area (Å²) in [7, 11) is 0. The first-order valence-electron chi connectivity index (χ1n) is 9.88. The van der Waals surface area contributed by atoms with Crippen molar-refractivity contribution in [1.29, 1.82) is 0 Å². The Morgan fingerprint density at radius 2 is 1.76 bits per heavy atom. The highest BCUT2D eigenvalue weighted by atomic mass is 16.5. The molecule has 0 spiro atoms. The average molecular weight is 398 g/mol. The summed E-state index contributed by atoms with van der Waals surface area (Å²) >= 11 is 0. The number of fused-ring (bicyclic) bond motifs is 1. The summed E-state index contributed by atoms with van der Waals surface area (Å²) in [5.74, 6) is 1.07. The van der Waals surface area contributed by atoms with E-state index >= 15 is 0 Å². The van der Waals surface area contributed by atoms with Crippen LogP contribution in [0.3, 0.4) is 0 Å². The molecule has 0 aliphatic rings. The van der Waals surface area contributed by atoms with Crippen LogP contribution in [0.25, 0.3) is 11.2 Å². The Bertz CT molecular complexity index is 957. The van der Waals surface area contributed by atoms with Gasteiger partial charge in [0, 0.05) is 0 Å². The van der Waals surface area contributed by atoms with E-state index in [9.17, 15) is 5.11 Å². The van der Waals surface area contributed by atoms with E-state index in [1.165, 1.54) is 11.9 Å². The molecule has 0 bridgehead atoms. The normalized spacial score (nSPS) is 13.6. The topological polar surface area (TPSA) is 99.1 Å². The lowest BCUT2D eigenvalue weighted by atomic mass is 9.72. The van der Waals surface area contributed by atoms with Gasteiger partial charge in [-0.25, -0.2) is 15.0 Å². The fourth-order valence-electron chi connectivity index (χ4n) is 3.93. The number of nitrogens with zero attached hydrogens (tertiary/aromatic N) is 4. The number of nitrogen functional groups attached to an aromatic ring is 1. The van der Waals surface area contributed by atoms with Gasteiger partial charge in [0.15, 0.2) is 11.5 Å². The van der Waals surface area contributed by atoms with Crippen LogP contribution in [0.1, 0.15) is 46.6 Å². The van der Waals surface area contributed by atoms with Crippen LogP contribution >= 0.6 is 0 Å². The highest BCUT2D eigenvalue weighted by Gasteiger charge is 2.27. The molecule has 0 saturated carbocycles. The second-order valence-electron chi connectivity index (χ2n) is 9.44. The molecule has 3 aromatic rings. The Kier molecular flexibility index (Phi) is 5.80. The first-order valence-corrected chi connectivity index (χ1v) is 9.88.